The molecule has 0 saturated heterocycles. The zero-order valence-corrected chi connectivity index (χ0v) is 21.0. The van der Waals surface area contributed by atoms with Gasteiger partial charge in [-0.3, -0.25) is 0 Å². The van der Waals surface area contributed by atoms with Gasteiger partial charge in [-0.2, -0.15) is 5.21 Å². The standard InChI is InChI=1S/C28H33N5O3/c1-18-13-25(36-17-24(35)16-34)14-19(2)28(18)26-6-4-5-22(20(26)3)15-29-23-10-7-21(8-11-23)9-12-27-30-32-33-31-27/h4-8,10-11,13-14,24,29,34-35H,9,12,15-17H2,1-3H3,(H,30,31,32,33)/t24-/m1/s1. The lowest BCUT2D eigenvalue weighted by Crippen LogP contribution is -2.21. The second-order valence-electron chi connectivity index (χ2n) is 9.05. The van der Waals surface area contributed by atoms with Crippen molar-refractivity contribution in [2.75, 3.05) is 18.5 Å². The molecule has 0 amide bonds. The summed E-state index contributed by atoms with van der Waals surface area (Å²) in [7, 11) is 0. The van der Waals surface area contributed by atoms with Crippen LogP contribution in [-0.4, -0.2) is 50.2 Å². The number of aliphatic hydroxyl groups excluding tert-OH is 2. The topological polar surface area (TPSA) is 116 Å². The van der Waals surface area contributed by atoms with E-state index in [1.54, 1.807) is 0 Å². The van der Waals surface area contributed by atoms with Crippen LogP contribution in [0.15, 0.2) is 54.6 Å². The van der Waals surface area contributed by atoms with Gasteiger partial charge in [-0.25, -0.2) is 0 Å². The fourth-order valence-electron chi connectivity index (χ4n) is 4.35. The fourth-order valence-corrected chi connectivity index (χ4v) is 4.35. The molecule has 1 atom stereocenters. The lowest BCUT2D eigenvalue weighted by Gasteiger charge is -2.18. The third-order valence-electron chi connectivity index (χ3n) is 6.34. The van der Waals surface area contributed by atoms with E-state index < -0.39 is 6.10 Å². The van der Waals surface area contributed by atoms with E-state index in [1.165, 1.54) is 27.8 Å². The van der Waals surface area contributed by atoms with Gasteiger partial charge in [-0.15, -0.1) is 10.2 Å². The van der Waals surface area contributed by atoms with E-state index in [4.69, 9.17) is 9.84 Å². The molecule has 4 N–H and O–H groups in total. The summed E-state index contributed by atoms with van der Waals surface area (Å²) in [6.07, 6.45) is 0.738. The molecular weight excluding hydrogens is 454 g/mol. The lowest BCUT2D eigenvalue weighted by molar-refractivity contribution is 0.0536. The molecular formula is C28H33N5O3. The van der Waals surface area contributed by atoms with Crippen LogP contribution in [0.5, 0.6) is 5.75 Å². The van der Waals surface area contributed by atoms with Gasteiger partial charge in [0, 0.05) is 18.7 Å². The Hall–Kier alpha value is -3.75. The number of aliphatic hydroxyl groups is 2. The molecule has 0 aliphatic carbocycles. The molecule has 3 aromatic carbocycles. The smallest absolute Gasteiger partial charge is 0.174 e. The molecule has 0 aliphatic heterocycles. The molecule has 8 heteroatoms. The van der Waals surface area contributed by atoms with Crippen LogP contribution in [-0.2, 0) is 19.4 Å². The number of aryl methyl sites for hydroxylation is 4. The van der Waals surface area contributed by atoms with Crippen LogP contribution < -0.4 is 10.1 Å². The SMILES string of the molecule is Cc1cc(OC[C@H](O)CO)cc(C)c1-c1cccc(CNc2ccc(CCc3nn[nH]n3)cc2)c1C. The number of aromatic amines is 1. The monoisotopic (exact) mass is 487 g/mol. The Labute approximate surface area is 211 Å². The molecule has 0 fully saturated rings. The van der Waals surface area contributed by atoms with Gasteiger partial charge >= 0.3 is 0 Å². The van der Waals surface area contributed by atoms with Crippen molar-refractivity contribution < 1.29 is 14.9 Å². The summed E-state index contributed by atoms with van der Waals surface area (Å²) in [5.74, 6) is 1.41. The lowest BCUT2D eigenvalue weighted by atomic mass is 9.90. The van der Waals surface area contributed by atoms with E-state index in [0.29, 0.717) is 5.75 Å². The second kappa shape index (κ2) is 11.8. The van der Waals surface area contributed by atoms with Gasteiger partial charge in [0.2, 0.25) is 0 Å². The Bertz CT molecular complexity index is 1250. The number of benzene rings is 3. The number of hydrogen-bond acceptors (Lipinski definition) is 7. The normalized spacial score (nSPS) is 11.9. The van der Waals surface area contributed by atoms with Crippen LogP contribution >= 0.6 is 0 Å². The van der Waals surface area contributed by atoms with E-state index in [1.807, 2.05) is 12.1 Å². The average Bonchev–Trinajstić information content (AvgIpc) is 3.40. The molecule has 0 unspecified atom stereocenters. The minimum Gasteiger partial charge on any atom is -0.491 e. The highest BCUT2D eigenvalue weighted by atomic mass is 16.5. The molecule has 0 aliphatic rings. The van der Waals surface area contributed by atoms with Crippen molar-refractivity contribution in [3.63, 3.8) is 0 Å². The summed E-state index contributed by atoms with van der Waals surface area (Å²) in [5.41, 5.74) is 9.37. The summed E-state index contributed by atoms with van der Waals surface area (Å²) in [4.78, 5) is 0. The highest BCUT2D eigenvalue weighted by molar-refractivity contribution is 5.75. The summed E-state index contributed by atoms with van der Waals surface area (Å²) in [5, 5.41) is 36.2. The van der Waals surface area contributed by atoms with E-state index >= 15 is 0 Å². The largest absolute Gasteiger partial charge is 0.491 e. The molecule has 0 radical (unpaired) electrons. The van der Waals surface area contributed by atoms with Gasteiger partial charge < -0.3 is 20.3 Å². The predicted octanol–water partition coefficient (Wildman–Crippen LogP) is 3.92. The number of aromatic nitrogens is 4. The van der Waals surface area contributed by atoms with E-state index in [9.17, 15) is 5.11 Å². The number of anilines is 1. The van der Waals surface area contributed by atoms with Crippen LogP contribution in [0.3, 0.4) is 0 Å². The van der Waals surface area contributed by atoms with Crippen LogP contribution in [0.25, 0.3) is 11.1 Å². The molecule has 0 saturated carbocycles. The maximum atomic E-state index is 9.57. The first-order valence-electron chi connectivity index (χ1n) is 12.1. The Kier molecular flexibility index (Phi) is 8.30. The van der Waals surface area contributed by atoms with Crippen molar-refractivity contribution >= 4 is 5.69 Å². The highest BCUT2D eigenvalue weighted by Crippen LogP contribution is 2.34. The Morgan fingerprint density at radius 2 is 1.75 bits per heavy atom. The van der Waals surface area contributed by atoms with Gasteiger partial charge in [-0.05, 0) is 90.4 Å². The van der Waals surface area contributed by atoms with Crippen molar-refractivity contribution in [3.05, 3.63) is 88.2 Å². The zero-order chi connectivity index (χ0) is 25.5. The first-order valence-corrected chi connectivity index (χ1v) is 12.1. The minimum atomic E-state index is -0.885. The molecule has 0 bridgehead atoms. The van der Waals surface area contributed by atoms with Crippen LogP contribution in [0.4, 0.5) is 5.69 Å². The number of tetrazole rings is 1. The minimum absolute atomic E-state index is 0.0642. The van der Waals surface area contributed by atoms with Gasteiger partial charge in [0.15, 0.2) is 5.82 Å². The van der Waals surface area contributed by atoms with Crippen molar-refractivity contribution in [3.8, 4) is 16.9 Å². The van der Waals surface area contributed by atoms with Gasteiger partial charge in [0.1, 0.15) is 18.5 Å². The first kappa shape index (κ1) is 25.3. The van der Waals surface area contributed by atoms with Crippen LogP contribution in [0.1, 0.15) is 33.6 Å². The summed E-state index contributed by atoms with van der Waals surface area (Å²) in [6, 6.07) is 18.8. The maximum Gasteiger partial charge on any atom is 0.174 e. The fraction of sp³-hybridized carbons (Fsp3) is 0.321. The van der Waals surface area contributed by atoms with Crippen molar-refractivity contribution in [1.29, 1.82) is 0 Å². The predicted molar refractivity (Wildman–Crippen MR) is 140 cm³/mol. The molecule has 4 aromatic rings. The molecule has 8 nitrogen and oxygen atoms in total. The summed E-state index contributed by atoms with van der Waals surface area (Å²) in [6.45, 7) is 6.77. The average molecular weight is 488 g/mol. The molecule has 1 aromatic heterocycles. The van der Waals surface area contributed by atoms with E-state index in [-0.39, 0.29) is 13.2 Å². The van der Waals surface area contributed by atoms with Crippen molar-refractivity contribution in [2.45, 2.75) is 46.3 Å². The van der Waals surface area contributed by atoms with E-state index in [2.05, 4.69) is 89.2 Å². The summed E-state index contributed by atoms with van der Waals surface area (Å²) < 4.78 is 5.66. The number of nitrogens with zero attached hydrogens (tertiary/aromatic N) is 3. The van der Waals surface area contributed by atoms with Crippen molar-refractivity contribution in [2.24, 2.45) is 0 Å². The number of ether oxygens (including phenoxy) is 1. The highest BCUT2D eigenvalue weighted by Gasteiger charge is 2.13. The molecule has 188 valence electrons. The molecule has 4 rings (SSSR count). The third-order valence-corrected chi connectivity index (χ3v) is 6.34. The number of nitrogens with one attached hydrogen (secondary N) is 2. The van der Waals surface area contributed by atoms with Gasteiger partial charge in [0.05, 0.1) is 6.61 Å². The Balaban J connectivity index is 1.43. The number of hydrogen-bond donors (Lipinski definition) is 4. The summed E-state index contributed by atoms with van der Waals surface area (Å²) >= 11 is 0. The quantitative estimate of drug-likeness (QED) is 0.253. The zero-order valence-electron chi connectivity index (χ0n) is 21.0. The van der Waals surface area contributed by atoms with Crippen LogP contribution in [0.2, 0.25) is 0 Å². The molecule has 1 heterocycles. The number of H-pyrrole nitrogens is 1. The third kappa shape index (κ3) is 6.27. The van der Waals surface area contributed by atoms with Crippen molar-refractivity contribution in [1.82, 2.24) is 20.6 Å². The Morgan fingerprint density at radius 3 is 2.42 bits per heavy atom. The Morgan fingerprint density at radius 1 is 1.00 bits per heavy atom. The van der Waals surface area contributed by atoms with Gasteiger partial charge in [0.25, 0.3) is 0 Å². The maximum absolute atomic E-state index is 9.57. The molecule has 36 heavy (non-hydrogen) atoms. The number of rotatable bonds is 11. The molecule has 0 spiro atoms. The van der Waals surface area contributed by atoms with Crippen LogP contribution in [0, 0.1) is 20.8 Å². The van der Waals surface area contributed by atoms with Gasteiger partial charge in [-0.1, -0.05) is 35.5 Å². The van der Waals surface area contributed by atoms with E-state index in [0.717, 1.165) is 42.0 Å². The first-order chi connectivity index (χ1) is 17.4. The second-order valence-corrected chi connectivity index (χ2v) is 9.05.